The summed E-state index contributed by atoms with van der Waals surface area (Å²) in [7, 11) is 1.36. The first-order valence-electron chi connectivity index (χ1n) is 5.10. The summed E-state index contributed by atoms with van der Waals surface area (Å²) in [5, 5.41) is 0. The van der Waals surface area contributed by atoms with Crippen LogP contribution in [0.1, 0.15) is 6.92 Å². The molecule has 7 heteroatoms. The molecule has 0 fully saturated rings. The van der Waals surface area contributed by atoms with Gasteiger partial charge in [-0.3, -0.25) is 15.1 Å². The van der Waals surface area contributed by atoms with Gasteiger partial charge < -0.3 is 4.74 Å². The second-order valence-electron chi connectivity index (χ2n) is 2.85. The summed E-state index contributed by atoms with van der Waals surface area (Å²) in [6.07, 6.45) is 6.25. The van der Waals surface area contributed by atoms with Gasteiger partial charge in [0.1, 0.15) is 5.70 Å². The predicted octanol–water partition coefficient (Wildman–Crippen LogP) is 1.72. The van der Waals surface area contributed by atoms with Crippen LogP contribution in [0.5, 0.6) is 0 Å². The van der Waals surface area contributed by atoms with Crippen LogP contribution in [0.4, 0.5) is 0 Å². The van der Waals surface area contributed by atoms with Crippen molar-refractivity contribution in [3.8, 4) is 0 Å². The van der Waals surface area contributed by atoms with Crippen LogP contribution in [0, 0.1) is 0 Å². The number of hydrogen-bond donors (Lipinski definition) is 1. The van der Waals surface area contributed by atoms with Gasteiger partial charge in [0.2, 0.25) is 5.78 Å². The van der Waals surface area contributed by atoms with Crippen molar-refractivity contribution >= 4 is 35.3 Å². The van der Waals surface area contributed by atoms with Crippen LogP contribution < -0.4 is 5.48 Å². The minimum absolute atomic E-state index is 0.0385. The average molecular weight is 291 g/mol. The van der Waals surface area contributed by atoms with Crippen molar-refractivity contribution in [2.24, 2.45) is 0 Å². The number of carbonyl (C=O) groups is 2. The molecule has 0 spiro atoms. The van der Waals surface area contributed by atoms with Gasteiger partial charge in [-0.1, -0.05) is 0 Å². The number of hydrogen-bond acceptors (Lipinski definition) is 7. The first-order valence-corrected chi connectivity index (χ1v) is 7.55. The number of allylic oxidation sites excluding steroid dienone is 1. The fourth-order valence-electron chi connectivity index (χ4n) is 0.949. The number of thioether (sulfide) groups is 2. The molecule has 0 aromatic heterocycles. The van der Waals surface area contributed by atoms with E-state index in [2.05, 4.69) is 10.3 Å². The molecule has 0 aliphatic rings. The van der Waals surface area contributed by atoms with Crippen molar-refractivity contribution < 1.29 is 19.2 Å². The summed E-state index contributed by atoms with van der Waals surface area (Å²) in [4.78, 5) is 27.8. The smallest absolute Gasteiger partial charge is 0.333 e. The monoisotopic (exact) mass is 291 g/mol. The molecule has 18 heavy (non-hydrogen) atoms. The fraction of sp³-hybridized carbons (Fsp3) is 0.455. The van der Waals surface area contributed by atoms with Gasteiger partial charge in [-0.15, -0.1) is 23.5 Å². The summed E-state index contributed by atoms with van der Waals surface area (Å²) < 4.78 is 5.57. The lowest BCUT2D eigenvalue weighted by Gasteiger charge is -2.06. The third-order valence-electron chi connectivity index (χ3n) is 1.68. The topological polar surface area (TPSA) is 64.6 Å². The first kappa shape index (κ1) is 17.1. The van der Waals surface area contributed by atoms with Crippen LogP contribution in [-0.4, -0.2) is 38.0 Å². The number of nitrogens with one attached hydrogen (secondary N) is 1. The quantitative estimate of drug-likeness (QED) is 0.415. The lowest BCUT2D eigenvalue weighted by molar-refractivity contribution is -0.137. The molecule has 0 amide bonds. The maximum absolute atomic E-state index is 11.9. The minimum atomic E-state index is -0.589. The van der Waals surface area contributed by atoms with Crippen molar-refractivity contribution in [3.05, 3.63) is 22.1 Å². The molecule has 1 N–H and O–H groups in total. The van der Waals surface area contributed by atoms with Crippen LogP contribution in [0.2, 0.25) is 0 Å². The molecule has 0 unspecified atom stereocenters. The molecule has 0 bridgehead atoms. The number of ketones is 1. The first-order chi connectivity index (χ1) is 8.58. The Morgan fingerprint density at radius 1 is 1.22 bits per heavy atom. The molecular formula is C11H17NO4S2. The molecule has 0 heterocycles. The highest BCUT2D eigenvalue weighted by molar-refractivity contribution is 8.21. The zero-order chi connectivity index (χ0) is 14.0. The van der Waals surface area contributed by atoms with Gasteiger partial charge in [-0.25, -0.2) is 4.79 Å². The highest BCUT2D eigenvalue weighted by atomic mass is 32.2. The number of esters is 1. The lowest BCUT2D eigenvalue weighted by Crippen LogP contribution is -2.20. The SMILES string of the molecule is CCOC(=O)C=C(NOC)C(=O)C=C(SC)SC. The fourth-order valence-corrected chi connectivity index (χ4v) is 2.07. The van der Waals surface area contributed by atoms with Gasteiger partial charge in [0.15, 0.2) is 0 Å². The molecule has 0 aliphatic heterocycles. The van der Waals surface area contributed by atoms with Crippen molar-refractivity contribution in [2.45, 2.75) is 6.92 Å². The van der Waals surface area contributed by atoms with Crippen molar-refractivity contribution in [3.63, 3.8) is 0 Å². The number of carbonyl (C=O) groups excluding carboxylic acids is 2. The normalized spacial score (nSPS) is 10.8. The molecule has 0 rings (SSSR count). The standard InChI is InChI=1S/C11H17NO4S2/c1-5-16-10(14)6-8(12-15-2)9(13)7-11(17-3)18-4/h6-7,12H,5H2,1-4H3. The molecule has 0 atom stereocenters. The summed E-state index contributed by atoms with van der Waals surface area (Å²) in [6.45, 7) is 1.94. The zero-order valence-electron chi connectivity index (χ0n) is 10.8. The predicted molar refractivity (Wildman–Crippen MR) is 75.0 cm³/mol. The van der Waals surface area contributed by atoms with Crippen molar-refractivity contribution in [1.82, 2.24) is 5.48 Å². The van der Waals surface area contributed by atoms with E-state index in [1.807, 2.05) is 12.5 Å². The average Bonchev–Trinajstić information content (AvgIpc) is 2.35. The van der Waals surface area contributed by atoms with E-state index in [0.717, 1.165) is 10.3 Å². The molecule has 0 aromatic carbocycles. The van der Waals surface area contributed by atoms with E-state index >= 15 is 0 Å². The molecule has 0 saturated carbocycles. The summed E-state index contributed by atoms with van der Waals surface area (Å²) in [5.41, 5.74) is 2.41. The van der Waals surface area contributed by atoms with Crippen LogP contribution in [0.15, 0.2) is 22.1 Å². The van der Waals surface area contributed by atoms with Gasteiger partial charge in [-0.2, -0.15) is 0 Å². The van der Waals surface area contributed by atoms with E-state index in [-0.39, 0.29) is 18.1 Å². The molecule has 0 aliphatic carbocycles. The van der Waals surface area contributed by atoms with E-state index in [1.54, 1.807) is 6.92 Å². The van der Waals surface area contributed by atoms with Gasteiger partial charge in [0, 0.05) is 10.3 Å². The van der Waals surface area contributed by atoms with E-state index in [0.29, 0.717) is 0 Å². The zero-order valence-corrected chi connectivity index (χ0v) is 12.4. The Morgan fingerprint density at radius 3 is 2.28 bits per heavy atom. The van der Waals surface area contributed by atoms with Gasteiger partial charge >= 0.3 is 5.97 Å². The molecule has 0 radical (unpaired) electrons. The second kappa shape index (κ2) is 10.0. The van der Waals surface area contributed by atoms with Gasteiger partial charge in [0.25, 0.3) is 0 Å². The Balaban J connectivity index is 4.94. The third kappa shape index (κ3) is 6.73. The third-order valence-corrected chi connectivity index (χ3v) is 3.72. The van der Waals surface area contributed by atoms with E-state index in [9.17, 15) is 9.59 Å². The van der Waals surface area contributed by atoms with Gasteiger partial charge in [-0.05, 0) is 19.4 Å². The maximum Gasteiger partial charge on any atom is 0.333 e. The highest BCUT2D eigenvalue weighted by Crippen LogP contribution is 2.23. The minimum Gasteiger partial charge on any atom is -0.463 e. The molecule has 5 nitrogen and oxygen atoms in total. The van der Waals surface area contributed by atoms with Crippen molar-refractivity contribution in [2.75, 3.05) is 26.2 Å². The Morgan fingerprint density at radius 2 is 1.83 bits per heavy atom. The molecular weight excluding hydrogens is 274 g/mol. The summed E-state index contributed by atoms with van der Waals surface area (Å²) >= 11 is 2.91. The molecule has 102 valence electrons. The lowest BCUT2D eigenvalue weighted by atomic mass is 10.3. The van der Waals surface area contributed by atoms with E-state index in [4.69, 9.17) is 4.74 Å². The number of ether oxygens (including phenoxy) is 1. The van der Waals surface area contributed by atoms with Crippen molar-refractivity contribution in [1.29, 1.82) is 0 Å². The van der Waals surface area contributed by atoms with Crippen LogP contribution >= 0.6 is 23.5 Å². The Bertz CT molecular complexity index is 347. The highest BCUT2D eigenvalue weighted by Gasteiger charge is 2.11. The molecule has 0 saturated heterocycles. The molecule has 0 aromatic rings. The second-order valence-corrected chi connectivity index (χ2v) is 4.81. The van der Waals surface area contributed by atoms with E-state index < -0.39 is 5.97 Å². The van der Waals surface area contributed by atoms with Crippen LogP contribution in [0.25, 0.3) is 0 Å². The number of hydroxylamine groups is 1. The largest absolute Gasteiger partial charge is 0.463 e. The Labute approximate surface area is 115 Å². The van der Waals surface area contributed by atoms with Gasteiger partial charge in [0.05, 0.1) is 19.8 Å². The summed E-state index contributed by atoms with van der Waals surface area (Å²) in [6, 6.07) is 0. The summed E-state index contributed by atoms with van der Waals surface area (Å²) in [5.74, 6) is -0.933. The Kier molecular flexibility index (Phi) is 9.53. The number of rotatable bonds is 8. The van der Waals surface area contributed by atoms with E-state index in [1.165, 1.54) is 36.7 Å². The Hall–Kier alpha value is -0.920. The van der Waals surface area contributed by atoms with Crippen LogP contribution in [-0.2, 0) is 19.2 Å². The maximum atomic E-state index is 11.9. The van der Waals surface area contributed by atoms with Crippen LogP contribution in [0.3, 0.4) is 0 Å².